The van der Waals surface area contributed by atoms with Crippen LogP contribution in [0.5, 0.6) is 5.75 Å². The van der Waals surface area contributed by atoms with Crippen LogP contribution in [-0.4, -0.2) is 57.4 Å². The number of likely N-dealkylation sites (tertiary alicyclic amines) is 1. The molecule has 2 fully saturated rings. The lowest BCUT2D eigenvalue weighted by atomic mass is 10.1. The number of halogens is 1. The molecule has 1 aromatic carbocycles. The maximum absolute atomic E-state index is 6.02. The zero-order valence-electron chi connectivity index (χ0n) is 13.1. The third-order valence-corrected chi connectivity index (χ3v) is 5.06. The number of morpholine rings is 1. The molecule has 0 N–H and O–H groups in total. The summed E-state index contributed by atoms with van der Waals surface area (Å²) in [7, 11) is 0. The lowest BCUT2D eigenvalue weighted by Gasteiger charge is -2.29. The monoisotopic (exact) mass is 368 g/mol. The molecule has 1 aromatic rings. The van der Waals surface area contributed by atoms with Crippen molar-refractivity contribution in [1.82, 2.24) is 4.90 Å². The van der Waals surface area contributed by atoms with Crippen molar-refractivity contribution < 1.29 is 9.47 Å². The average Bonchev–Trinajstić information content (AvgIpc) is 2.58. The Kier molecular flexibility index (Phi) is 5.98. The van der Waals surface area contributed by atoms with Gasteiger partial charge in [0.15, 0.2) is 0 Å². The van der Waals surface area contributed by atoms with E-state index in [9.17, 15) is 0 Å². The van der Waals surface area contributed by atoms with Gasteiger partial charge in [0.05, 0.1) is 17.7 Å². The normalized spacial score (nSPS) is 20.1. The van der Waals surface area contributed by atoms with Gasteiger partial charge in [0.25, 0.3) is 0 Å². The SMILES string of the molecule is Brc1ccc(N2CCOCC2)cc1OCCN1CCCCC1. The number of ether oxygens (including phenoxy) is 2. The summed E-state index contributed by atoms with van der Waals surface area (Å²) in [6.07, 6.45) is 4.04. The fraction of sp³-hybridized carbons (Fsp3) is 0.647. The van der Waals surface area contributed by atoms with Crippen LogP contribution in [0.25, 0.3) is 0 Å². The van der Waals surface area contributed by atoms with Gasteiger partial charge >= 0.3 is 0 Å². The van der Waals surface area contributed by atoms with E-state index >= 15 is 0 Å². The predicted molar refractivity (Wildman–Crippen MR) is 93.0 cm³/mol. The van der Waals surface area contributed by atoms with Gasteiger partial charge in [0.1, 0.15) is 12.4 Å². The van der Waals surface area contributed by atoms with Crippen molar-refractivity contribution in [3.05, 3.63) is 22.7 Å². The maximum atomic E-state index is 6.02. The van der Waals surface area contributed by atoms with E-state index in [1.165, 1.54) is 38.0 Å². The first kappa shape index (κ1) is 16.1. The largest absolute Gasteiger partial charge is 0.491 e. The van der Waals surface area contributed by atoms with Gasteiger partial charge in [0.2, 0.25) is 0 Å². The second-order valence-corrected chi connectivity index (χ2v) is 6.82. The van der Waals surface area contributed by atoms with Gasteiger partial charge in [0, 0.05) is 31.4 Å². The topological polar surface area (TPSA) is 24.9 Å². The van der Waals surface area contributed by atoms with E-state index in [2.05, 4.69) is 43.9 Å². The lowest BCUT2D eigenvalue weighted by Crippen LogP contribution is -2.36. The van der Waals surface area contributed by atoms with Crippen molar-refractivity contribution in [3.63, 3.8) is 0 Å². The van der Waals surface area contributed by atoms with Crippen LogP contribution < -0.4 is 9.64 Å². The molecule has 5 heteroatoms. The molecular formula is C17H25BrN2O2. The number of benzene rings is 1. The summed E-state index contributed by atoms with van der Waals surface area (Å²) in [6, 6.07) is 6.37. The molecular weight excluding hydrogens is 344 g/mol. The number of hydrogen-bond acceptors (Lipinski definition) is 4. The zero-order valence-corrected chi connectivity index (χ0v) is 14.7. The molecule has 0 saturated carbocycles. The highest BCUT2D eigenvalue weighted by Crippen LogP contribution is 2.30. The summed E-state index contributed by atoms with van der Waals surface area (Å²) in [5.74, 6) is 0.945. The van der Waals surface area contributed by atoms with Crippen LogP contribution in [-0.2, 0) is 4.74 Å². The van der Waals surface area contributed by atoms with E-state index < -0.39 is 0 Å². The van der Waals surface area contributed by atoms with Crippen LogP contribution in [0.3, 0.4) is 0 Å². The summed E-state index contributed by atoms with van der Waals surface area (Å²) in [5.41, 5.74) is 1.22. The van der Waals surface area contributed by atoms with E-state index in [0.717, 1.165) is 49.7 Å². The summed E-state index contributed by atoms with van der Waals surface area (Å²) in [5, 5.41) is 0. The first-order valence-electron chi connectivity index (χ1n) is 8.30. The lowest BCUT2D eigenvalue weighted by molar-refractivity contribution is 0.122. The van der Waals surface area contributed by atoms with Crippen molar-refractivity contribution in [2.45, 2.75) is 19.3 Å². The highest BCUT2D eigenvalue weighted by atomic mass is 79.9. The van der Waals surface area contributed by atoms with Crippen LogP contribution >= 0.6 is 15.9 Å². The molecule has 0 spiro atoms. The van der Waals surface area contributed by atoms with E-state index in [-0.39, 0.29) is 0 Å². The quantitative estimate of drug-likeness (QED) is 0.796. The molecule has 0 radical (unpaired) electrons. The Morgan fingerprint density at radius 2 is 1.82 bits per heavy atom. The van der Waals surface area contributed by atoms with E-state index in [1.807, 2.05) is 0 Å². The molecule has 2 saturated heterocycles. The van der Waals surface area contributed by atoms with Crippen molar-refractivity contribution in [3.8, 4) is 5.75 Å². The Labute approximate surface area is 141 Å². The third-order valence-electron chi connectivity index (χ3n) is 4.40. The summed E-state index contributed by atoms with van der Waals surface area (Å²) in [4.78, 5) is 4.86. The number of nitrogens with zero attached hydrogens (tertiary/aromatic N) is 2. The molecule has 3 rings (SSSR count). The Morgan fingerprint density at radius 1 is 1.05 bits per heavy atom. The number of hydrogen-bond donors (Lipinski definition) is 0. The Balaban J connectivity index is 1.55. The van der Waals surface area contributed by atoms with Crippen molar-refractivity contribution in [1.29, 1.82) is 0 Å². The third kappa shape index (κ3) is 4.37. The van der Waals surface area contributed by atoms with Crippen LogP contribution in [0.15, 0.2) is 22.7 Å². The van der Waals surface area contributed by atoms with Crippen molar-refractivity contribution >= 4 is 21.6 Å². The Morgan fingerprint density at radius 3 is 2.59 bits per heavy atom. The van der Waals surface area contributed by atoms with Gasteiger partial charge in [-0.25, -0.2) is 0 Å². The van der Waals surface area contributed by atoms with Crippen LogP contribution in [0.4, 0.5) is 5.69 Å². The minimum absolute atomic E-state index is 0.755. The Hall–Kier alpha value is -0.780. The minimum atomic E-state index is 0.755. The fourth-order valence-corrected chi connectivity index (χ4v) is 3.45. The summed E-state index contributed by atoms with van der Waals surface area (Å²) >= 11 is 3.60. The first-order valence-corrected chi connectivity index (χ1v) is 9.09. The first-order chi connectivity index (χ1) is 10.8. The van der Waals surface area contributed by atoms with Crippen LogP contribution in [0.2, 0.25) is 0 Å². The van der Waals surface area contributed by atoms with E-state index in [0.29, 0.717) is 0 Å². The molecule has 22 heavy (non-hydrogen) atoms. The number of piperidine rings is 1. The molecule has 2 aliphatic heterocycles. The molecule has 2 heterocycles. The molecule has 0 amide bonds. The molecule has 122 valence electrons. The maximum Gasteiger partial charge on any atom is 0.135 e. The molecule has 0 unspecified atom stereocenters. The fourth-order valence-electron chi connectivity index (χ4n) is 3.09. The van der Waals surface area contributed by atoms with E-state index in [1.54, 1.807) is 0 Å². The highest BCUT2D eigenvalue weighted by molar-refractivity contribution is 9.10. The van der Waals surface area contributed by atoms with Gasteiger partial charge in [-0.3, -0.25) is 4.90 Å². The van der Waals surface area contributed by atoms with Gasteiger partial charge in [-0.2, -0.15) is 0 Å². The second-order valence-electron chi connectivity index (χ2n) is 5.96. The van der Waals surface area contributed by atoms with Gasteiger partial charge in [-0.05, 0) is 54.0 Å². The average molecular weight is 369 g/mol. The number of rotatable bonds is 5. The molecule has 4 nitrogen and oxygen atoms in total. The second kappa shape index (κ2) is 8.18. The molecule has 0 bridgehead atoms. The van der Waals surface area contributed by atoms with Crippen molar-refractivity contribution in [2.24, 2.45) is 0 Å². The van der Waals surface area contributed by atoms with Gasteiger partial charge < -0.3 is 14.4 Å². The van der Waals surface area contributed by atoms with Crippen LogP contribution in [0.1, 0.15) is 19.3 Å². The minimum Gasteiger partial charge on any atom is -0.491 e. The summed E-state index contributed by atoms with van der Waals surface area (Å²) in [6.45, 7) is 7.74. The summed E-state index contributed by atoms with van der Waals surface area (Å²) < 4.78 is 12.5. The number of anilines is 1. The molecule has 2 aliphatic rings. The smallest absolute Gasteiger partial charge is 0.135 e. The van der Waals surface area contributed by atoms with E-state index in [4.69, 9.17) is 9.47 Å². The highest BCUT2D eigenvalue weighted by Gasteiger charge is 2.14. The zero-order chi connectivity index (χ0) is 15.2. The molecule has 0 aliphatic carbocycles. The van der Waals surface area contributed by atoms with Gasteiger partial charge in [-0.1, -0.05) is 6.42 Å². The Bertz CT molecular complexity index is 472. The predicted octanol–water partition coefficient (Wildman–Crippen LogP) is 3.15. The molecule has 0 atom stereocenters. The molecule has 0 aromatic heterocycles. The van der Waals surface area contributed by atoms with Gasteiger partial charge in [-0.15, -0.1) is 0 Å². The standard InChI is InChI=1S/C17H25BrN2O2/c18-16-5-4-15(20-9-11-21-12-10-20)14-17(16)22-13-8-19-6-2-1-3-7-19/h4-5,14H,1-3,6-13H2. The van der Waals surface area contributed by atoms with Crippen molar-refractivity contribution in [2.75, 3.05) is 57.4 Å². The van der Waals surface area contributed by atoms with Crippen LogP contribution in [0, 0.1) is 0 Å².